The zero-order chi connectivity index (χ0) is 19.2. The van der Waals surface area contributed by atoms with Gasteiger partial charge in [0.05, 0.1) is 12.1 Å². The van der Waals surface area contributed by atoms with Gasteiger partial charge in [-0.3, -0.25) is 14.7 Å². The Labute approximate surface area is 193 Å². The third-order valence-electron chi connectivity index (χ3n) is 4.76. The molecule has 0 aliphatic carbocycles. The summed E-state index contributed by atoms with van der Waals surface area (Å²) >= 11 is 1.55. The fourth-order valence-electron chi connectivity index (χ4n) is 3.41. The Hall–Kier alpha value is -2.03. The van der Waals surface area contributed by atoms with Crippen LogP contribution >= 0.6 is 36.2 Å². The molecule has 160 valence electrons. The van der Waals surface area contributed by atoms with E-state index in [4.69, 9.17) is 4.98 Å². The summed E-state index contributed by atoms with van der Waals surface area (Å²) in [5.74, 6) is -0.0393. The second-order valence-corrected chi connectivity index (χ2v) is 7.74. The predicted octanol–water partition coefficient (Wildman–Crippen LogP) is 3.71. The third-order valence-corrected chi connectivity index (χ3v) is 5.65. The lowest BCUT2D eigenvalue weighted by Gasteiger charge is -2.35. The molecule has 9 heteroatoms. The molecule has 2 aromatic heterocycles. The Morgan fingerprint density at radius 3 is 2.80 bits per heavy atom. The number of nitrogens with zero attached hydrogens (tertiary/aromatic N) is 3. The van der Waals surface area contributed by atoms with Crippen LogP contribution in [-0.2, 0) is 17.8 Å². The van der Waals surface area contributed by atoms with Gasteiger partial charge in [-0.15, -0.1) is 36.2 Å². The number of aromatic nitrogens is 2. The summed E-state index contributed by atoms with van der Waals surface area (Å²) in [6.07, 6.45) is 4.04. The van der Waals surface area contributed by atoms with Crippen LogP contribution in [0.15, 0.2) is 60.2 Å². The van der Waals surface area contributed by atoms with Crippen molar-refractivity contribution in [2.75, 3.05) is 25.0 Å². The van der Waals surface area contributed by atoms with Gasteiger partial charge in [0.2, 0.25) is 5.91 Å². The quantitative estimate of drug-likeness (QED) is 0.580. The number of carbonyl (C=O) groups is 1. The highest BCUT2D eigenvalue weighted by Gasteiger charge is 2.24. The Morgan fingerprint density at radius 1 is 1.20 bits per heavy atom. The van der Waals surface area contributed by atoms with Gasteiger partial charge < -0.3 is 10.6 Å². The van der Waals surface area contributed by atoms with Crippen molar-refractivity contribution in [2.24, 2.45) is 0 Å². The molecule has 1 unspecified atom stereocenters. The summed E-state index contributed by atoms with van der Waals surface area (Å²) < 4.78 is 0. The average molecular weight is 466 g/mol. The Kier molecular flexibility index (Phi) is 9.68. The summed E-state index contributed by atoms with van der Waals surface area (Å²) in [7, 11) is 0. The Morgan fingerprint density at radius 2 is 2.03 bits per heavy atom. The minimum Gasteiger partial charge on any atom is -0.326 e. The van der Waals surface area contributed by atoms with Crippen molar-refractivity contribution in [1.29, 1.82) is 0 Å². The number of piperazine rings is 1. The smallest absolute Gasteiger partial charge is 0.231 e. The van der Waals surface area contributed by atoms with Gasteiger partial charge in [-0.2, -0.15) is 0 Å². The maximum atomic E-state index is 12.2. The summed E-state index contributed by atoms with van der Waals surface area (Å²) in [6, 6.07) is 13.9. The van der Waals surface area contributed by atoms with Crippen LogP contribution in [0.25, 0.3) is 0 Å². The topological polar surface area (TPSA) is 70.2 Å². The number of anilines is 1. The molecule has 1 atom stereocenters. The number of pyridine rings is 1. The highest BCUT2D eigenvalue weighted by Crippen LogP contribution is 2.24. The molecule has 4 rings (SSSR count). The number of thiazole rings is 1. The lowest BCUT2D eigenvalue weighted by atomic mass is 10.1. The van der Waals surface area contributed by atoms with E-state index in [2.05, 4.69) is 32.0 Å². The molecule has 1 saturated heterocycles. The Balaban J connectivity index is 0.00000160. The molecule has 1 aliphatic heterocycles. The second kappa shape index (κ2) is 12.0. The highest BCUT2D eigenvalue weighted by atomic mass is 35.5. The van der Waals surface area contributed by atoms with Gasteiger partial charge in [0.15, 0.2) is 0 Å². The summed E-state index contributed by atoms with van der Waals surface area (Å²) in [5.41, 5.74) is 3.04. The van der Waals surface area contributed by atoms with Crippen molar-refractivity contribution < 1.29 is 4.79 Å². The van der Waals surface area contributed by atoms with Crippen molar-refractivity contribution in [3.63, 3.8) is 0 Å². The molecule has 3 aromatic rings. The number of nitrogens with one attached hydrogen (secondary N) is 2. The standard InChI is InChI=1S/C21H23N5OS.2ClH/c27-20(24-17-6-2-1-3-7-17)11-21-25-18(15-28-21)14-26-10-9-23-13-19(26)16-5-4-8-22-12-16;;/h1-8,12,15,19,23H,9-11,13-14H2,(H,24,27);2*1H. The van der Waals surface area contributed by atoms with Crippen LogP contribution in [0, 0.1) is 0 Å². The fourth-order valence-corrected chi connectivity index (χ4v) is 4.20. The maximum Gasteiger partial charge on any atom is 0.231 e. The number of benzene rings is 1. The number of rotatable bonds is 6. The summed E-state index contributed by atoms with van der Waals surface area (Å²) in [5, 5.41) is 9.28. The first kappa shape index (κ1) is 24.2. The van der Waals surface area contributed by atoms with Crippen LogP contribution in [0.2, 0.25) is 0 Å². The molecule has 1 aromatic carbocycles. The van der Waals surface area contributed by atoms with Crippen LogP contribution < -0.4 is 10.6 Å². The fraction of sp³-hybridized carbons (Fsp3) is 0.286. The van der Waals surface area contributed by atoms with E-state index < -0.39 is 0 Å². The molecule has 2 N–H and O–H groups in total. The molecule has 0 bridgehead atoms. The van der Waals surface area contributed by atoms with Gasteiger partial charge in [0.25, 0.3) is 0 Å². The minimum atomic E-state index is -0.0393. The van der Waals surface area contributed by atoms with Gasteiger partial charge in [0.1, 0.15) is 5.01 Å². The number of carbonyl (C=O) groups excluding carboxylic acids is 1. The second-order valence-electron chi connectivity index (χ2n) is 6.80. The molecule has 0 radical (unpaired) electrons. The number of halogens is 2. The number of hydrogen-bond acceptors (Lipinski definition) is 6. The van der Waals surface area contributed by atoms with Crippen molar-refractivity contribution >= 4 is 47.7 Å². The molecular weight excluding hydrogens is 441 g/mol. The van der Waals surface area contributed by atoms with E-state index >= 15 is 0 Å². The third kappa shape index (κ3) is 6.48. The molecule has 0 saturated carbocycles. The first-order valence-corrected chi connectivity index (χ1v) is 10.3. The first-order chi connectivity index (χ1) is 13.8. The van der Waals surface area contributed by atoms with Gasteiger partial charge in [-0.1, -0.05) is 24.3 Å². The first-order valence-electron chi connectivity index (χ1n) is 9.41. The molecule has 1 fully saturated rings. The molecular formula is C21H25Cl2N5OS. The van der Waals surface area contributed by atoms with E-state index in [0.717, 1.165) is 42.6 Å². The van der Waals surface area contributed by atoms with Crippen molar-refractivity contribution in [3.8, 4) is 0 Å². The number of hydrogen-bond donors (Lipinski definition) is 2. The lowest BCUT2D eigenvalue weighted by molar-refractivity contribution is -0.115. The zero-order valence-corrected chi connectivity index (χ0v) is 18.8. The molecule has 6 nitrogen and oxygen atoms in total. The molecule has 3 heterocycles. The predicted molar refractivity (Wildman–Crippen MR) is 126 cm³/mol. The van der Waals surface area contributed by atoms with Crippen LogP contribution in [-0.4, -0.2) is 40.4 Å². The SMILES string of the molecule is Cl.Cl.O=C(Cc1nc(CN2CCNCC2c2cccnc2)cs1)Nc1ccccc1. The summed E-state index contributed by atoms with van der Waals surface area (Å²) in [6.45, 7) is 3.61. The molecule has 0 spiro atoms. The monoisotopic (exact) mass is 465 g/mol. The van der Waals surface area contributed by atoms with Crippen LogP contribution in [0.3, 0.4) is 0 Å². The van der Waals surface area contributed by atoms with E-state index in [1.807, 2.05) is 42.6 Å². The maximum absolute atomic E-state index is 12.2. The average Bonchev–Trinajstić information content (AvgIpc) is 3.16. The van der Waals surface area contributed by atoms with Crippen molar-refractivity contribution in [2.45, 2.75) is 19.0 Å². The van der Waals surface area contributed by atoms with Gasteiger partial charge >= 0.3 is 0 Å². The van der Waals surface area contributed by atoms with E-state index in [0.29, 0.717) is 6.42 Å². The largest absolute Gasteiger partial charge is 0.326 e. The summed E-state index contributed by atoms with van der Waals surface area (Å²) in [4.78, 5) is 23.6. The minimum absolute atomic E-state index is 0. The van der Waals surface area contributed by atoms with E-state index in [-0.39, 0.29) is 36.8 Å². The van der Waals surface area contributed by atoms with Gasteiger partial charge in [0, 0.05) is 55.7 Å². The number of amides is 1. The molecule has 30 heavy (non-hydrogen) atoms. The van der Waals surface area contributed by atoms with Crippen LogP contribution in [0.5, 0.6) is 0 Å². The van der Waals surface area contributed by atoms with Crippen molar-refractivity contribution in [3.05, 3.63) is 76.5 Å². The van der Waals surface area contributed by atoms with E-state index in [1.54, 1.807) is 17.5 Å². The lowest BCUT2D eigenvalue weighted by Crippen LogP contribution is -2.45. The normalized spacial score (nSPS) is 16.2. The van der Waals surface area contributed by atoms with E-state index in [1.165, 1.54) is 5.56 Å². The van der Waals surface area contributed by atoms with Gasteiger partial charge in [-0.05, 0) is 23.8 Å². The Bertz CT molecular complexity index is 910. The van der Waals surface area contributed by atoms with Gasteiger partial charge in [-0.25, -0.2) is 4.98 Å². The molecule has 1 aliphatic rings. The van der Waals surface area contributed by atoms with Crippen molar-refractivity contribution in [1.82, 2.24) is 20.2 Å². The zero-order valence-electron chi connectivity index (χ0n) is 16.4. The molecule has 1 amide bonds. The number of para-hydroxylation sites is 1. The van der Waals surface area contributed by atoms with Crippen LogP contribution in [0.1, 0.15) is 22.3 Å². The van der Waals surface area contributed by atoms with Crippen LogP contribution in [0.4, 0.5) is 5.69 Å². The highest BCUT2D eigenvalue weighted by molar-refractivity contribution is 7.09. The van der Waals surface area contributed by atoms with E-state index in [9.17, 15) is 4.79 Å².